The molecule has 11 heteroatoms. The van der Waals surface area contributed by atoms with Gasteiger partial charge in [-0.15, -0.1) is 0 Å². The molecule has 0 saturated heterocycles. The Kier molecular flexibility index (Phi) is 15.1. The van der Waals surface area contributed by atoms with Crippen molar-refractivity contribution in [3.63, 3.8) is 0 Å². The number of carbonyl (C=O) groups excluding carboxylic acids is 3. The molecule has 1 unspecified atom stereocenters. The molecule has 6 nitrogen and oxygen atoms in total. The van der Waals surface area contributed by atoms with Crippen molar-refractivity contribution < 1.29 is 14.4 Å². The lowest BCUT2D eigenvalue weighted by molar-refractivity contribution is -0.128. The Balaban J connectivity index is 1.64. The third-order valence-corrected chi connectivity index (χ3v) is 12.4. The highest BCUT2D eigenvalue weighted by molar-refractivity contribution is 7.95. The predicted molar refractivity (Wildman–Crippen MR) is 182 cm³/mol. The Labute approximate surface area is 274 Å². The van der Waals surface area contributed by atoms with E-state index in [0.29, 0.717) is 32.4 Å². The Morgan fingerprint density at radius 3 is 1.42 bits per heavy atom. The molecule has 0 fully saturated rings. The summed E-state index contributed by atoms with van der Waals surface area (Å²) in [6, 6.07) is 31.2. The molecule has 3 aromatic rings. The molecule has 43 heavy (non-hydrogen) atoms. The van der Waals surface area contributed by atoms with E-state index >= 15 is 0 Å². The van der Waals surface area contributed by atoms with Crippen LogP contribution in [0.25, 0.3) is 0 Å². The number of amides is 3. The number of benzene rings is 3. The van der Waals surface area contributed by atoms with E-state index in [1.54, 1.807) is 0 Å². The van der Waals surface area contributed by atoms with Gasteiger partial charge in [-0.2, -0.15) is 0 Å². The third-order valence-electron chi connectivity index (χ3n) is 7.06. The van der Waals surface area contributed by atoms with Crippen molar-refractivity contribution in [1.82, 2.24) is 16.0 Å². The molecular weight excluding hydrogens is 647 g/mol. The maximum absolute atomic E-state index is 13.1. The first-order chi connectivity index (χ1) is 20.8. The van der Waals surface area contributed by atoms with Crippen LogP contribution in [0.4, 0.5) is 0 Å². The van der Waals surface area contributed by atoms with Crippen LogP contribution in [0.3, 0.4) is 0 Å². The quantitative estimate of drug-likeness (QED) is 0.103. The summed E-state index contributed by atoms with van der Waals surface area (Å²) < 4.78 is 0. The number of rotatable bonds is 17. The molecule has 1 atom stereocenters. The molecule has 0 radical (unpaired) electrons. The van der Waals surface area contributed by atoms with Gasteiger partial charge in [-0.05, 0) is 68.5 Å². The summed E-state index contributed by atoms with van der Waals surface area (Å²) in [6.45, 7) is 0.803. The molecule has 0 aromatic heterocycles. The first-order valence-corrected chi connectivity index (χ1v) is 17.9. The van der Waals surface area contributed by atoms with Gasteiger partial charge in [0.05, 0.1) is 6.16 Å². The van der Waals surface area contributed by atoms with Gasteiger partial charge in [0, 0.05) is 13.1 Å². The number of alkyl halides is 4. The second kappa shape index (κ2) is 18.5. The highest BCUT2D eigenvalue weighted by Gasteiger charge is 2.44. The molecule has 230 valence electrons. The topological polar surface area (TPSA) is 87.3 Å². The van der Waals surface area contributed by atoms with E-state index in [1.807, 2.05) is 18.2 Å². The van der Waals surface area contributed by atoms with Crippen LogP contribution in [0.1, 0.15) is 32.1 Å². The second-order valence-corrected chi connectivity index (χ2v) is 15.8. The lowest BCUT2D eigenvalue weighted by atomic mass is 10.1. The van der Waals surface area contributed by atoms with Gasteiger partial charge in [0.2, 0.25) is 5.91 Å². The zero-order valence-corrected chi connectivity index (χ0v) is 27.7. The zero-order chi connectivity index (χ0) is 31.1. The first kappa shape index (κ1) is 35.1. The maximum Gasteiger partial charge on any atom is 0.253 e. The van der Waals surface area contributed by atoms with Gasteiger partial charge in [0.1, 0.15) is 29.2 Å². The average Bonchev–Trinajstić information content (AvgIpc) is 3.03. The van der Waals surface area contributed by atoms with Crippen molar-refractivity contribution in [1.29, 1.82) is 0 Å². The van der Waals surface area contributed by atoms with Crippen LogP contribution in [0.5, 0.6) is 0 Å². The summed E-state index contributed by atoms with van der Waals surface area (Å²) in [5, 5.41) is 12.2. The van der Waals surface area contributed by atoms with E-state index in [2.05, 4.69) is 88.7 Å². The molecule has 0 saturated carbocycles. The molecule has 0 heterocycles. The Bertz CT molecular complexity index is 1190. The van der Waals surface area contributed by atoms with E-state index < -0.39 is 34.8 Å². The molecule has 3 rings (SSSR count). The zero-order valence-electron chi connectivity index (χ0n) is 23.7. The van der Waals surface area contributed by atoms with Gasteiger partial charge >= 0.3 is 0 Å². The fourth-order valence-corrected chi connectivity index (χ4v) is 9.65. The van der Waals surface area contributed by atoms with Gasteiger partial charge in [0.15, 0.2) is 9.67 Å². The van der Waals surface area contributed by atoms with Gasteiger partial charge in [-0.25, -0.2) is 0 Å². The summed E-state index contributed by atoms with van der Waals surface area (Å²) >= 11 is 22.5. The summed E-state index contributed by atoms with van der Waals surface area (Å²) in [4.78, 5) is 34.3. The fraction of sp³-hybridized carbons (Fsp3) is 0.344. The smallest absolute Gasteiger partial charge is 0.253 e. The van der Waals surface area contributed by atoms with Crippen LogP contribution >= 0.6 is 53.7 Å². The largest absolute Gasteiger partial charge is 0.354 e. The third kappa shape index (κ3) is 10.7. The number of hydrogen-bond donors (Lipinski definition) is 3. The predicted octanol–water partition coefficient (Wildman–Crippen LogP) is 5.26. The minimum absolute atomic E-state index is 0.303. The van der Waals surface area contributed by atoms with Crippen LogP contribution in [0.2, 0.25) is 0 Å². The lowest BCUT2D eigenvalue weighted by Crippen LogP contribution is -2.48. The van der Waals surface area contributed by atoms with E-state index in [4.69, 9.17) is 46.4 Å². The average molecular weight is 684 g/mol. The Morgan fingerprint density at radius 1 is 0.558 bits per heavy atom. The van der Waals surface area contributed by atoms with Gasteiger partial charge in [-0.1, -0.05) is 101 Å². The second-order valence-electron chi connectivity index (χ2n) is 9.99. The van der Waals surface area contributed by atoms with Crippen LogP contribution in [-0.4, -0.2) is 52.7 Å². The normalized spacial score (nSPS) is 12.1. The molecule has 3 amide bonds. The van der Waals surface area contributed by atoms with Gasteiger partial charge in [-0.3, -0.25) is 14.4 Å². The van der Waals surface area contributed by atoms with Crippen LogP contribution in [0.15, 0.2) is 91.0 Å². The van der Waals surface area contributed by atoms with Crippen molar-refractivity contribution in [3.05, 3.63) is 91.0 Å². The molecule has 3 N–H and O–H groups in total. The van der Waals surface area contributed by atoms with Crippen molar-refractivity contribution in [2.24, 2.45) is 0 Å². The molecule has 0 spiro atoms. The van der Waals surface area contributed by atoms with E-state index in [9.17, 15) is 14.4 Å². The lowest BCUT2D eigenvalue weighted by Gasteiger charge is -2.27. The molecular formula is C32H37Cl4N3O3P+. The van der Waals surface area contributed by atoms with E-state index in [1.165, 1.54) is 15.9 Å². The van der Waals surface area contributed by atoms with Gasteiger partial charge in [0.25, 0.3) is 11.8 Å². The number of nitrogens with one attached hydrogen (secondary N) is 3. The summed E-state index contributed by atoms with van der Waals surface area (Å²) in [5.41, 5.74) is 0. The Morgan fingerprint density at radius 2 is 0.977 bits per heavy atom. The minimum Gasteiger partial charge on any atom is -0.354 e. The SMILES string of the molecule is O=C(NCCCCC(NC(=O)C(Cl)Cl)C(=O)NCCCC[P+](c1ccccc1)(c1ccccc1)c1ccccc1)C(Cl)Cl. The Hall–Kier alpha value is -2.34. The molecule has 0 aliphatic carbocycles. The number of halogens is 4. The molecule has 3 aromatic carbocycles. The summed E-state index contributed by atoms with van der Waals surface area (Å²) in [5.74, 6) is -1.41. The van der Waals surface area contributed by atoms with Crippen molar-refractivity contribution in [2.75, 3.05) is 19.3 Å². The van der Waals surface area contributed by atoms with Crippen molar-refractivity contribution in [3.8, 4) is 0 Å². The fourth-order valence-electron chi connectivity index (χ4n) is 4.96. The number of hydrogen-bond acceptors (Lipinski definition) is 3. The monoisotopic (exact) mass is 682 g/mol. The molecule has 0 bridgehead atoms. The first-order valence-electron chi connectivity index (χ1n) is 14.2. The highest BCUT2D eigenvalue weighted by Crippen LogP contribution is 2.55. The van der Waals surface area contributed by atoms with Crippen LogP contribution in [0, 0.1) is 0 Å². The van der Waals surface area contributed by atoms with E-state index in [-0.39, 0.29) is 5.91 Å². The van der Waals surface area contributed by atoms with Crippen LogP contribution in [-0.2, 0) is 14.4 Å². The molecule has 0 aliphatic rings. The van der Waals surface area contributed by atoms with E-state index in [0.717, 1.165) is 19.0 Å². The standard InChI is InChI=1S/C32H36Cl4N3O3P/c33-28(34)31(41)38-21-11-10-20-27(39-32(42)29(35)36)30(40)37-22-12-13-23-43(24-14-4-1-5-15-24,25-16-6-2-7-17-25)26-18-8-3-9-19-26/h1-9,14-19,27-29H,10-13,20-23H2,(H2-,37,38,39,40,41,42)/p+1. The number of carbonyl (C=O) groups is 3. The number of unbranched alkanes of at least 4 members (excludes halogenated alkanes) is 2. The summed E-state index contributed by atoms with van der Waals surface area (Å²) in [7, 11) is -1.95. The van der Waals surface area contributed by atoms with Crippen molar-refractivity contribution >= 4 is 87.3 Å². The maximum atomic E-state index is 13.1. The molecule has 0 aliphatic heterocycles. The van der Waals surface area contributed by atoms with Crippen LogP contribution < -0.4 is 31.9 Å². The van der Waals surface area contributed by atoms with Crippen molar-refractivity contribution in [2.45, 2.75) is 47.8 Å². The minimum atomic E-state index is -1.95. The summed E-state index contributed by atoms with van der Waals surface area (Å²) in [6.07, 6.45) is 4.07. The van der Waals surface area contributed by atoms with Gasteiger partial charge < -0.3 is 16.0 Å². The highest BCUT2D eigenvalue weighted by atomic mass is 35.5.